The van der Waals surface area contributed by atoms with Gasteiger partial charge in [-0.3, -0.25) is 9.69 Å². The Balaban J connectivity index is 2.58. The zero-order chi connectivity index (χ0) is 12.0. The molecule has 0 saturated heterocycles. The van der Waals surface area contributed by atoms with E-state index in [0.717, 1.165) is 19.3 Å². The first-order valence-corrected chi connectivity index (χ1v) is 6.33. The minimum Gasteiger partial charge on any atom is -0.385 e. The molecule has 1 saturated carbocycles. The van der Waals surface area contributed by atoms with Gasteiger partial charge in [-0.25, -0.2) is 0 Å². The van der Waals surface area contributed by atoms with Gasteiger partial charge < -0.3 is 4.74 Å². The Kier molecular flexibility index (Phi) is 5.42. The van der Waals surface area contributed by atoms with E-state index in [-0.39, 0.29) is 5.54 Å². The number of ketones is 1. The van der Waals surface area contributed by atoms with Gasteiger partial charge in [0.15, 0.2) is 5.78 Å². The molecule has 1 rings (SSSR count). The molecule has 16 heavy (non-hydrogen) atoms. The molecule has 1 fully saturated rings. The average molecular weight is 227 g/mol. The summed E-state index contributed by atoms with van der Waals surface area (Å²) in [4.78, 5) is 14.5. The number of likely N-dealkylation sites (N-methyl/N-ethyl adjacent to an activating group) is 1. The van der Waals surface area contributed by atoms with Crippen LogP contribution in [0.1, 0.15) is 44.9 Å². The molecule has 0 bridgehead atoms. The van der Waals surface area contributed by atoms with Crippen molar-refractivity contribution in [1.29, 1.82) is 0 Å². The summed E-state index contributed by atoms with van der Waals surface area (Å²) < 4.78 is 5.01. The van der Waals surface area contributed by atoms with Gasteiger partial charge in [0.25, 0.3) is 0 Å². The quantitative estimate of drug-likeness (QED) is 0.652. The van der Waals surface area contributed by atoms with Crippen molar-refractivity contribution in [3.05, 3.63) is 0 Å². The molecule has 0 unspecified atom stereocenters. The lowest BCUT2D eigenvalue weighted by atomic mass is 9.76. The highest BCUT2D eigenvalue weighted by Gasteiger charge is 2.40. The minimum atomic E-state index is -0.175. The second-order valence-corrected chi connectivity index (χ2v) is 5.01. The smallest absolute Gasteiger partial charge is 0.153 e. The number of hydrogen-bond acceptors (Lipinski definition) is 3. The highest BCUT2D eigenvalue weighted by molar-refractivity contribution is 5.88. The lowest BCUT2D eigenvalue weighted by Crippen LogP contribution is -2.52. The van der Waals surface area contributed by atoms with Crippen LogP contribution in [0.25, 0.3) is 0 Å². The first kappa shape index (κ1) is 13.7. The van der Waals surface area contributed by atoms with Crippen LogP contribution in [0.15, 0.2) is 0 Å². The predicted octanol–water partition coefficient (Wildman–Crippen LogP) is 2.25. The standard InChI is InChI=1S/C13H25NO2/c1-14(2)13(9-5-4-6-10-13)12(15)8-7-11-16-3/h4-11H2,1-3H3. The summed E-state index contributed by atoms with van der Waals surface area (Å²) in [5, 5.41) is 0. The van der Waals surface area contributed by atoms with E-state index >= 15 is 0 Å². The number of rotatable bonds is 6. The number of methoxy groups -OCH3 is 1. The molecule has 0 heterocycles. The molecule has 0 aromatic heterocycles. The van der Waals surface area contributed by atoms with Crippen LogP contribution in [-0.2, 0) is 9.53 Å². The van der Waals surface area contributed by atoms with E-state index in [1.807, 2.05) is 14.1 Å². The summed E-state index contributed by atoms with van der Waals surface area (Å²) in [6, 6.07) is 0. The van der Waals surface area contributed by atoms with Crippen LogP contribution in [0.5, 0.6) is 0 Å². The van der Waals surface area contributed by atoms with E-state index in [0.29, 0.717) is 18.8 Å². The van der Waals surface area contributed by atoms with E-state index in [1.54, 1.807) is 7.11 Å². The highest BCUT2D eigenvalue weighted by atomic mass is 16.5. The normalized spacial score (nSPS) is 20.0. The molecule has 0 N–H and O–H groups in total. The number of carbonyl (C=O) groups excluding carboxylic acids is 1. The summed E-state index contributed by atoms with van der Waals surface area (Å²) >= 11 is 0. The largest absolute Gasteiger partial charge is 0.385 e. The summed E-state index contributed by atoms with van der Waals surface area (Å²) in [6.07, 6.45) is 7.23. The second kappa shape index (κ2) is 6.36. The van der Waals surface area contributed by atoms with Gasteiger partial charge in [-0.1, -0.05) is 19.3 Å². The molecule has 0 amide bonds. The molecule has 94 valence electrons. The van der Waals surface area contributed by atoms with Crippen LogP contribution in [0.2, 0.25) is 0 Å². The van der Waals surface area contributed by atoms with E-state index < -0.39 is 0 Å². The summed E-state index contributed by atoms with van der Waals surface area (Å²) in [5.41, 5.74) is -0.175. The molecule has 3 nitrogen and oxygen atoms in total. The third-order valence-corrected chi connectivity index (χ3v) is 3.81. The van der Waals surface area contributed by atoms with Crippen molar-refractivity contribution in [1.82, 2.24) is 4.90 Å². The Morgan fingerprint density at radius 2 is 1.88 bits per heavy atom. The van der Waals surface area contributed by atoms with Gasteiger partial charge in [0.2, 0.25) is 0 Å². The van der Waals surface area contributed by atoms with E-state index in [4.69, 9.17) is 4.74 Å². The average Bonchev–Trinajstić information content (AvgIpc) is 2.30. The topological polar surface area (TPSA) is 29.5 Å². The van der Waals surface area contributed by atoms with Crippen molar-refractivity contribution in [3.63, 3.8) is 0 Å². The van der Waals surface area contributed by atoms with Crippen molar-refractivity contribution in [3.8, 4) is 0 Å². The van der Waals surface area contributed by atoms with Crippen LogP contribution < -0.4 is 0 Å². The fourth-order valence-electron chi connectivity index (χ4n) is 2.72. The molecular weight excluding hydrogens is 202 g/mol. The molecule has 0 spiro atoms. The predicted molar refractivity (Wildman–Crippen MR) is 65.6 cm³/mol. The number of Topliss-reactive ketones (excluding diaryl/α,β-unsaturated/α-hetero) is 1. The summed E-state index contributed by atoms with van der Waals surface area (Å²) in [6.45, 7) is 0.690. The van der Waals surface area contributed by atoms with Crippen LogP contribution in [0.4, 0.5) is 0 Å². The summed E-state index contributed by atoms with van der Waals surface area (Å²) in [7, 11) is 5.77. The van der Waals surface area contributed by atoms with Crippen molar-refractivity contribution in [2.24, 2.45) is 0 Å². The number of carbonyl (C=O) groups is 1. The molecule has 3 heteroatoms. The Hall–Kier alpha value is -0.410. The first-order chi connectivity index (χ1) is 7.63. The van der Waals surface area contributed by atoms with Gasteiger partial charge >= 0.3 is 0 Å². The maximum absolute atomic E-state index is 12.3. The number of nitrogens with zero attached hydrogens (tertiary/aromatic N) is 1. The third-order valence-electron chi connectivity index (χ3n) is 3.81. The van der Waals surface area contributed by atoms with E-state index in [9.17, 15) is 4.79 Å². The molecule has 0 aromatic rings. The van der Waals surface area contributed by atoms with Crippen LogP contribution in [0, 0.1) is 0 Å². The van der Waals surface area contributed by atoms with Gasteiger partial charge in [0.05, 0.1) is 5.54 Å². The molecule has 0 aromatic carbocycles. The third kappa shape index (κ3) is 3.05. The van der Waals surface area contributed by atoms with Crippen LogP contribution >= 0.6 is 0 Å². The highest BCUT2D eigenvalue weighted by Crippen LogP contribution is 2.34. The van der Waals surface area contributed by atoms with Crippen molar-refractivity contribution >= 4 is 5.78 Å². The monoisotopic (exact) mass is 227 g/mol. The van der Waals surface area contributed by atoms with Crippen molar-refractivity contribution < 1.29 is 9.53 Å². The van der Waals surface area contributed by atoms with Crippen molar-refractivity contribution in [2.75, 3.05) is 27.8 Å². The fraction of sp³-hybridized carbons (Fsp3) is 0.923. The number of hydrogen-bond donors (Lipinski definition) is 0. The maximum Gasteiger partial charge on any atom is 0.153 e. The minimum absolute atomic E-state index is 0.175. The van der Waals surface area contributed by atoms with Crippen LogP contribution in [0.3, 0.4) is 0 Å². The Morgan fingerprint density at radius 3 is 2.38 bits per heavy atom. The molecule has 0 atom stereocenters. The van der Waals surface area contributed by atoms with E-state index in [2.05, 4.69) is 4.90 Å². The maximum atomic E-state index is 12.3. The first-order valence-electron chi connectivity index (χ1n) is 6.33. The zero-order valence-electron chi connectivity index (χ0n) is 10.9. The van der Waals surface area contributed by atoms with Crippen LogP contribution in [-0.4, -0.2) is 44.0 Å². The van der Waals surface area contributed by atoms with Gasteiger partial charge in [-0.15, -0.1) is 0 Å². The Labute approximate surface area is 99.1 Å². The van der Waals surface area contributed by atoms with Crippen molar-refractivity contribution in [2.45, 2.75) is 50.5 Å². The molecule has 0 aliphatic heterocycles. The molecule has 1 aliphatic rings. The lowest BCUT2D eigenvalue weighted by Gasteiger charge is -2.41. The molecular formula is C13H25NO2. The van der Waals surface area contributed by atoms with Gasteiger partial charge in [-0.05, 0) is 33.4 Å². The van der Waals surface area contributed by atoms with Gasteiger partial charge in [0.1, 0.15) is 0 Å². The summed E-state index contributed by atoms with van der Waals surface area (Å²) in [5.74, 6) is 0.411. The Morgan fingerprint density at radius 1 is 1.25 bits per heavy atom. The lowest BCUT2D eigenvalue weighted by molar-refractivity contribution is -0.132. The molecule has 0 radical (unpaired) electrons. The van der Waals surface area contributed by atoms with Gasteiger partial charge in [0, 0.05) is 20.1 Å². The fourth-order valence-corrected chi connectivity index (χ4v) is 2.72. The molecule has 1 aliphatic carbocycles. The zero-order valence-corrected chi connectivity index (χ0v) is 10.9. The number of ether oxygens (including phenoxy) is 1. The Bertz CT molecular complexity index is 220. The van der Waals surface area contributed by atoms with E-state index in [1.165, 1.54) is 19.3 Å². The SMILES string of the molecule is COCCCC(=O)C1(N(C)C)CCCCC1. The second-order valence-electron chi connectivity index (χ2n) is 5.01. The van der Waals surface area contributed by atoms with Gasteiger partial charge in [-0.2, -0.15) is 0 Å².